The highest BCUT2D eigenvalue weighted by Crippen LogP contribution is 2.32. The van der Waals surface area contributed by atoms with E-state index in [1.807, 2.05) is 95.6 Å². The summed E-state index contributed by atoms with van der Waals surface area (Å²) in [5.74, 6) is -0.132. The SMILES string of the molecule is CC(=O)Nc1s/c(=N/N=C/c2ccccc2)n(-c2ccccc2)c1-c1ccccc1. The number of amides is 1. The Morgan fingerprint density at radius 1 is 0.900 bits per heavy atom. The average molecular weight is 413 g/mol. The average Bonchev–Trinajstić information content (AvgIpc) is 3.13. The molecule has 1 heterocycles. The minimum Gasteiger partial charge on any atom is -0.316 e. The summed E-state index contributed by atoms with van der Waals surface area (Å²) in [4.78, 5) is 12.5. The molecular formula is C24H20N4OS. The zero-order chi connectivity index (χ0) is 20.8. The molecule has 5 nitrogen and oxygen atoms in total. The van der Waals surface area contributed by atoms with Crippen LogP contribution in [0, 0.1) is 0 Å². The second kappa shape index (κ2) is 9.15. The lowest BCUT2D eigenvalue weighted by Crippen LogP contribution is -2.13. The molecule has 0 aliphatic rings. The first-order valence-corrected chi connectivity index (χ1v) is 10.3. The number of hydrogen-bond donors (Lipinski definition) is 1. The number of para-hydroxylation sites is 1. The van der Waals surface area contributed by atoms with Crippen molar-refractivity contribution in [3.8, 4) is 16.9 Å². The Balaban J connectivity index is 1.93. The Bertz CT molecular complexity index is 1230. The number of carbonyl (C=O) groups excluding carboxylic acids is 1. The minimum absolute atomic E-state index is 0.132. The number of thiazole rings is 1. The monoisotopic (exact) mass is 412 g/mol. The van der Waals surface area contributed by atoms with Crippen LogP contribution in [0.25, 0.3) is 16.9 Å². The third-order valence-electron chi connectivity index (χ3n) is 4.32. The summed E-state index contributed by atoms with van der Waals surface area (Å²) in [5.41, 5.74) is 3.76. The van der Waals surface area contributed by atoms with Gasteiger partial charge in [0.15, 0.2) is 0 Å². The first kappa shape index (κ1) is 19.5. The Morgan fingerprint density at radius 3 is 2.13 bits per heavy atom. The summed E-state index contributed by atoms with van der Waals surface area (Å²) >= 11 is 1.39. The van der Waals surface area contributed by atoms with Gasteiger partial charge >= 0.3 is 0 Å². The topological polar surface area (TPSA) is 58.8 Å². The number of rotatable bonds is 5. The quantitative estimate of drug-likeness (QED) is 0.360. The maximum Gasteiger partial charge on any atom is 0.221 e. The fraction of sp³-hybridized carbons (Fsp3) is 0.0417. The van der Waals surface area contributed by atoms with Gasteiger partial charge in [-0.15, -0.1) is 5.10 Å². The van der Waals surface area contributed by atoms with E-state index in [-0.39, 0.29) is 5.91 Å². The van der Waals surface area contributed by atoms with Gasteiger partial charge in [0.2, 0.25) is 10.7 Å². The van der Waals surface area contributed by atoms with Crippen LogP contribution in [0.4, 0.5) is 5.00 Å². The number of aromatic nitrogens is 1. The van der Waals surface area contributed by atoms with Crippen molar-refractivity contribution in [2.45, 2.75) is 6.92 Å². The Hall–Kier alpha value is -3.77. The summed E-state index contributed by atoms with van der Waals surface area (Å²) in [6, 6.07) is 29.7. The van der Waals surface area contributed by atoms with Crippen molar-refractivity contribution in [3.05, 3.63) is 101 Å². The molecule has 4 rings (SSSR count). The number of carbonyl (C=O) groups is 1. The van der Waals surface area contributed by atoms with E-state index in [4.69, 9.17) is 0 Å². The van der Waals surface area contributed by atoms with Gasteiger partial charge in [0.25, 0.3) is 0 Å². The molecule has 30 heavy (non-hydrogen) atoms. The largest absolute Gasteiger partial charge is 0.316 e. The van der Waals surface area contributed by atoms with Crippen molar-refractivity contribution >= 4 is 28.5 Å². The molecule has 6 heteroatoms. The van der Waals surface area contributed by atoms with Crippen LogP contribution in [-0.4, -0.2) is 16.7 Å². The van der Waals surface area contributed by atoms with E-state index in [2.05, 4.69) is 15.5 Å². The molecule has 0 saturated heterocycles. The molecule has 0 fully saturated rings. The Morgan fingerprint density at radius 2 is 1.50 bits per heavy atom. The van der Waals surface area contributed by atoms with Gasteiger partial charge in [0.1, 0.15) is 5.00 Å². The zero-order valence-electron chi connectivity index (χ0n) is 16.4. The molecule has 1 amide bonds. The molecule has 3 aromatic carbocycles. The van der Waals surface area contributed by atoms with Crippen molar-refractivity contribution in [2.75, 3.05) is 5.32 Å². The molecule has 0 saturated carbocycles. The van der Waals surface area contributed by atoms with Gasteiger partial charge in [-0.2, -0.15) is 5.10 Å². The van der Waals surface area contributed by atoms with E-state index in [1.165, 1.54) is 18.3 Å². The van der Waals surface area contributed by atoms with Gasteiger partial charge in [0, 0.05) is 18.2 Å². The number of nitrogens with one attached hydrogen (secondary N) is 1. The molecule has 1 aromatic heterocycles. The van der Waals surface area contributed by atoms with Crippen LogP contribution in [0.3, 0.4) is 0 Å². The van der Waals surface area contributed by atoms with Crippen LogP contribution in [0.2, 0.25) is 0 Å². The van der Waals surface area contributed by atoms with Crippen LogP contribution in [0.1, 0.15) is 12.5 Å². The molecule has 4 aromatic rings. The van der Waals surface area contributed by atoms with Crippen molar-refractivity contribution in [2.24, 2.45) is 10.2 Å². The lowest BCUT2D eigenvalue weighted by atomic mass is 10.1. The van der Waals surface area contributed by atoms with E-state index in [1.54, 1.807) is 6.21 Å². The van der Waals surface area contributed by atoms with Gasteiger partial charge in [-0.25, -0.2) is 0 Å². The third kappa shape index (κ3) is 4.45. The molecule has 1 N–H and O–H groups in total. The summed E-state index contributed by atoms with van der Waals surface area (Å²) in [6.07, 6.45) is 1.72. The van der Waals surface area contributed by atoms with Gasteiger partial charge in [-0.1, -0.05) is 90.2 Å². The molecule has 0 atom stereocenters. The van der Waals surface area contributed by atoms with Crippen molar-refractivity contribution in [3.63, 3.8) is 0 Å². The Labute approximate surface area is 178 Å². The Kier molecular flexibility index (Phi) is 5.96. The lowest BCUT2D eigenvalue weighted by molar-refractivity contribution is -0.114. The fourth-order valence-electron chi connectivity index (χ4n) is 3.05. The van der Waals surface area contributed by atoms with Crippen LogP contribution >= 0.6 is 11.3 Å². The molecule has 0 radical (unpaired) electrons. The van der Waals surface area contributed by atoms with E-state index in [0.717, 1.165) is 27.5 Å². The van der Waals surface area contributed by atoms with Gasteiger partial charge in [0.05, 0.1) is 11.9 Å². The standard InChI is InChI=1S/C24H20N4OS/c1-18(29)26-23-22(20-13-7-3-8-14-20)28(21-15-9-4-10-16-21)24(30-23)27-25-17-19-11-5-2-6-12-19/h2-17H,1H3,(H,26,29)/b25-17+,27-24+. The fourth-order valence-corrected chi connectivity index (χ4v) is 4.11. The number of benzene rings is 3. The molecule has 148 valence electrons. The zero-order valence-corrected chi connectivity index (χ0v) is 17.2. The van der Waals surface area contributed by atoms with Crippen molar-refractivity contribution in [1.29, 1.82) is 0 Å². The van der Waals surface area contributed by atoms with Gasteiger partial charge in [-0.3, -0.25) is 9.36 Å². The normalized spacial score (nSPS) is 11.7. The summed E-state index contributed by atoms with van der Waals surface area (Å²) in [7, 11) is 0. The smallest absolute Gasteiger partial charge is 0.221 e. The summed E-state index contributed by atoms with van der Waals surface area (Å²) in [6.45, 7) is 1.51. The van der Waals surface area contributed by atoms with Gasteiger partial charge < -0.3 is 5.32 Å². The van der Waals surface area contributed by atoms with Crippen LogP contribution in [0.5, 0.6) is 0 Å². The van der Waals surface area contributed by atoms with Crippen LogP contribution < -0.4 is 10.1 Å². The highest BCUT2D eigenvalue weighted by atomic mass is 32.1. The predicted octanol–water partition coefficient (Wildman–Crippen LogP) is 5.10. The maximum absolute atomic E-state index is 11.9. The summed E-state index contributed by atoms with van der Waals surface area (Å²) < 4.78 is 2.02. The first-order chi connectivity index (χ1) is 14.7. The van der Waals surface area contributed by atoms with E-state index < -0.39 is 0 Å². The molecule has 0 aliphatic carbocycles. The molecular weight excluding hydrogens is 392 g/mol. The second-order valence-corrected chi connectivity index (χ2v) is 7.51. The first-order valence-electron chi connectivity index (χ1n) is 9.49. The predicted molar refractivity (Wildman–Crippen MR) is 123 cm³/mol. The van der Waals surface area contributed by atoms with Crippen molar-refractivity contribution < 1.29 is 4.79 Å². The van der Waals surface area contributed by atoms with E-state index >= 15 is 0 Å². The maximum atomic E-state index is 11.9. The number of hydrogen-bond acceptors (Lipinski definition) is 4. The highest BCUT2D eigenvalue weighted by molar-refractivity contribution is 7.14. The lowest BCUT2D eigenvalue weighted by Gasteiger charge is -2.11. The minimum atomic E-state index is -0.132. The van der Waals surface area contributed by atoms with E-state index in [9.17, 15) is 4.79 Å². The molecule has 0 unspecified atom stereocenters. The van der Waals surface area contributed by atoms with E-state index in [0.29, 0.717) is 4.80 Å². The molecule has 0 aliphatic heterocycles. The van der Waals surface area contributed by atoms with Crippen LogP contribution in [-0.2, 0) is 4.79 Å². The molecule has 0 bridgehead atoms. The van der Waals surface area contributed by atoms with Crippen molar-refractivity contribution in [1.82, 2.24) is 4.57 Å². The third-order valence-corrected chi connectivity index (χ3v) is 5.27. The summed E-state index contributed by atoms with van der Waals surface area (Å²) in [5, 5.41) is 12.5. The number of anilines is 1. The highest BCUT2D eigenvalue weighted by Gasteiger charge is 2.18. The van der Waals surface area contributed by atoms with Crippen LogP contribution in [0.15, 0.2) is 101 Å². The number of nitrogens with zero attached hydrogens (tertiary/aromatic N) is 3. The van der Waals surface area contributed by atoms with Gasteiger partial charge in [-0.05, 0) is 17.7 Å². The second-order valence-electron chi connectivity index (χ2n) is 6.54. The molecule has 0 spiro atoms.